The van der Waals surface area contributed by atoms with E-state index in [0.29, 0.717) is 24.6 Å². The highest BCUT2D eigenvalue weighted by atomic mass is 19.1. The van der Waals surface area contributed by atoms with Crippen molar-refractivity contribution in [2.24, 2.45) is 5.92 Å². The summed E-state index contributed by atoms with van der Waals surface area (Å²) in [6, 6.07) is 5.96. The van der Waals surface area contributed by atoms with E-state index in [-0.39, 0.29) is 18.3 Å². The molecule has 0 heterocycles. The Kier molecular flexibility index (Phi) is 6.81. The minimum Gasteiger partial charge on any atom is -0.338 e. The van der Waals surface area contributed by atoms with Crippen molar-refractivity contribution in [3.05, 3.63) is 35.6 Å². The fourth-order valence-corrected chi connectivity index (χ4v) is 1.82. The zero-order chi connectivity index (χ0) is 15.8. The Morgan fingerprint density at radius 2 is 1.95 bits per heavy atom. The topological polar surface area (TPSA) is 62.6 Å². The molecule has 0 radical (unpaired) electrons. The summed E-state index contributed by atoms with van der Waals surface area (Å²) in [5.74, 6) is -0.350. The van der Waals surface area contributed by atoms with Crippen LogP contribution in [-0.4, -0.2) is 32.1 Å². The van der Waals surface area contributed by atoms with Gasteiger partial charge < -0.3 is 10.2 Å². The molecule has 3 amide bonds. The SMILES string of the molecule is CC(C)CNC(=O)NC(=O)C[NH+](C)Cc1ccccc1F. The molecule has 1 aromatic carbocycles. The number of halogens is 1. The van der Waals surface area contributed by atoms with Crippen LogP contribution in [0.2, 0.25) is 0 Å². The van der Waals surface area contributed by atoms with Gasteiger partial charge in [0.1, 0.15) is 12.4 Å². The van der Waals surface area contributed by atoms with Crippen LogP contribution < -0.4 is 15.5 Å². The molecule has 0 aliphatic heterocycles. The zero-order valence-corrected chi connectivity index (χ0v) is 12.7. The molecule has 0 aliphatic rings. The lowest BCUT2D eigenvalue weighted by Crippen LogP contribution is -3.09. The molecule has 116 valence electrons. The quantitative estimate of drug-likeness (QED) is 0.708. The second kappa shape index (κ2) is 8.36. The molecule has 6 heteroatoms. The van der Waals surface area contributed by atoms with Crippen molar-refractivity contribution in [3.8, 4) is 0 Å². The Labute approximate surface area is 124 Å². The number of quaternary nitrogens is 1. The van der Waals surface area contributed by atoms with Gasteiger partial charge in [0, 0.05) is 12.1 Å². The van der Waals surface area contributed by atoms with Gasteiger partial charge >= 0.3 is 6.03 Å². The average molecular weight is 296 g/mol. The van der Waals surface area contributed by atoms with Crippen LogP contribution >= 0.6 is 0 Å². The molecule has 1 rings (SSSR count). The zero-order valence-electron chi connectivity index (χ0n) is 12.7. The third-order valence-electron chi connectivity index (χ3n) is 2.84. The number of amides is 3. The normalized spacial score (nSPS) is 12.0. The van der Waals surface area contributed by atoms with Gasteiger partial charge in [0.25, 0.3) is 5.91 Å². The molecule has 0 bridgehead atoms. The smallest absolute Gasteiger partial charge is 0.321 e. The maximum absolute atomic E-state index is 13.5. The highest BCUT2D eigenvalue weighted by Crippen LogP contribution is 2.03. The average Bonchev–Trinajstić information content (AvgIpc) is 2.38. The lowest BCUT2D eigenvalue weighted by Gasteiger charge is -2.14. The van der Waals surface area contributed by atoms with Gasteiger partial charge in [0.2, 0.25) is 0 Å². The first-order valence-corrected chi connectivity index (χ1v) is 7.01. The predicted molar refractivity (Wildman–Crippen MR) is 78.2 cm³/mol. The van der Waals surface area contributed by atoms with Crippen LogP contribution in [0.1, 0.15) is 19.4 Å². The highest BCUT2D eigenvalue weighted by Gasteiger charge is 2.14. The van der Waals surface area contributed by atoms with Gasteiger partial charge in [-0.25, -0.2) is 9.18 Å². The van der Waals surface area contributed by atoms with E-state index in [1.807, 2.05) is 13.8 Å². The fraction of sp³-hybridized carbons (Fsp3) is 0.467. The minimum absolute atomic E-state index is 0.101. The van der Waals surface area contributed by atoms with E-state index in [1.165, 1.54) is 6.07 Å². The van der Waals surface area contributed by atoms with Crippen molar-refractivity contribution in [3.63, 3.8) is 0 Å². The van der Waals surface area contributed by atoms with Gasteiger partial charge in [0.15, 0.2) is 6.54 Å². The van der Waals surface area contributed by atoms with Gasteiger partial charge in [-0.1, -0.05) is 32.0 Å². The first-order chi connectivity index (χ1) is 9.88. The summed E-state index contributed by atoms with van der Waals surface area (Å²) in [6.07, 6.45) is 0. The van der Waals surface area contributed by atoms with E-state index in [2.05, 4.69) is 10.6 Å². The van der Waals surface area contributed by atoms with Crippen molar-refractivity contribution < 1.29 is 18.9 Å². The van der Waals surface area contributed by atoms with Crippen molar-refractivity contribution in [1.29, 1.82) is 0 Å². The number of likely N-dealkylation sites (N-methyl/N-ethyl adjacent to an activating group) is 1. The van der Waals surface area contributed by atoms with Gasteiger partial charge in [-0.15, -0.1) is 0 Å². The Hall–Kier alpha value is -1.95. The molecule has 0 saturated carbocycles. The molecule has 0 fully saturated rings. The molecule has 0 aromatic heterocycles. The summed E-state index contributed by atoms with van der Waals surface area (Å²) < 4.78 is 13.5. The molecular formula is C15H23FN3O2+. The Balaban J connectivity index is 2.37. The lowest BCUT2D eigenvalue weighted by atomic mass is 10.2. The van der Waals surface area contributed by atoms with Crippen LogP contribution in [0.15, 0.2) is 24.3 Å². The van der Waals surface area contributed by atoms with Crippen LogP contribution in [-0.2, 0) is 11.3 Å². The highest BCUT2D eigenvalue weighted by molar-refractivity contribution is 5.94. The van der Waals surface area contributed by atoms with Crippen LogP contribution in [0.25, 0.3) is 0 Å². The molecule has 5 nitrogen and oxygen atoms in total. The van der Waals surface area contributed by atoms with Crippen LogP contribution in [0.3, 0.4) is 0 Å². The summed E-state index contributed by atoms with van der Waals surface area (Å²) >= 11 is 0. The molecule has 0 spiro atoms. The number of benzene rings is 1. The number of hydrogen-bond donors (Lipinski definition) is 3. The summed E-state index contributed by atoms with van der Waals surface area (Å²) in [7, 11) is 1.78. The van der Waals surface area contributed by atoms with Crippen LogP contribution in [0, 0.1) is 11.7 Å². The number of imide groups is 1. The van der Waals surface area contributed by atoms with Gasteiger partial charge in [-0.3, -0.25) is 10.1 Å². The Morgan fingerprint density at radius 3 is 2.57 bits per heavy atom. The van der Waals surface area contributed by atoms with Gasteiger partial charge in [-0.05, 0) is 12.0 Å². The molecule has 0 saturated heterocycles. The van der Waals surface area contributed by atoms with E-state index >= 15 is 0 Å². The fourth-order valence-electron chi connectivity index (χ4n) is 1.82. The molecule has 1 atom stereocenters. The van der Waals surface area contributed by atoms with E-state index in [9.17, 15) is 14.0 Å². The molecule has 1 unspecified atom stereocenters. The molecule has 1 aromatic rings. The van der Waals surface area contributed by atoms with Crippen molar-refractivity contribution in [1.82, 2.24) is 10.6 Å². The first-order valence-electron chi connectivity index (χ1n) is 7.01. The second-order valence-electron chi connectivity index (χ2n) is 5.55. The van der Waals surface area contributed by atoms with E-state index in [0.717, 1.165) is 4.90 Å². The summed E-state index contributed by atoms with van der Waals surface area (Å²) in [6.45, 7) is 4.93. The monoisotopic (exact) mass is 296 g/mol. The molecule has 21 heavy (non-hydrogen) atoms. The number of hydrogen-bond acceptors (Lipinski definition) is 2. The minimum atomic E-state index is -0.493. The van der Waals surface area contributed by atoms with Gasteiger partial charge in [0.05, 0.1) is 7.05 Å². The van der Waals surface area contributed by atoms with E-state index < -0.39 is 6.03 Å². The van der Waals surface area contributed by atoms with Crippen molar-refractivity contribution in [2.75, 3.05) is 20.1 Å². The number of carbonyl (C=O) groups excluding carboxylic acids is 2. The Morgan fingerprint density at radius 1 is 1.29 bits per heavy atom. The number of rotatable bonds is 6. The third kappa shape index (κ3) is 6.85. The number of carbonyl (C=O) groups is 2. The van der Waals surface area contributed by atoms with Crippen LogP contribution in [0.5, 0.6) is 0 Å². The lowest BCUT2D eigenvalue weighted by molar-refractivity contribution is -0.885. The second-order valence-corrected chi connectivity index (χ2v) is 5.55. The van der Waals surface area contributed by atoms with Crippen molar-refractivity contribution in [2.45, 2.75) is 20.4 Å². The Bertz CT molecular complexity index is 492. The summed E-state index contributed by atoms with van der Waals surface area (Å²) in [5.41, 5.74) is 0.548. The number of nitrogens with one attached hydrogen (secondary N) is 3. The van der Waals surface area contributed by atoms with Crippen LogP contribution in [0.4, 0.5) is 9.18 Å². The number of urea groups is 1. The molecule has 3 N–H and O–H groups in total. The standard InChI is InChI=1S/C15H22FN3O2/c1-11(2)8-17-15(21)18-14(20)10-19(3)9-12-6-4-5-7-13(12)16/h4-7,11H,8-10H2,1-3H3,(H2,17,18,20,21)/p+1. The summed E-state index contributed by atoms with van der Waals surface area (Å²) in [5, 5.41) is 4.87. The van der Waals surface area contributed by atoms with Crippen molar-refractivity contribution >= 4 is 11.9 Å². The summed E-state index contributed by atoms with van der Waals surface area (Å²) in [4.78, 5) is 23.9. The van der Waals surface area contributed by atoms with E-state index in [1.54, 1.807) is 25.2 Å². The largest absolute Gasteiger partial charge is 0.338 e. The molecular weight excluding hydrogens is 273 g/mol. The third-order valence-corrected chi connectivity index (χ3v) is 2.84. The maximum Gasteiger partial charge on any atom is 0.321 e. The van der Waals surface area contributed by atoms with E-state index in [4.69, 9.17) is 0 Å². The van der Waals surface area contributed by atoms with Gasteiger partial charge in [-0.2, -0.15) is 0 Å². The molecule has 0 aliphatic carbocycles. The maximum atomic E-state index is 13.5. The predicted octanol–water partition coefficient (Wildman–Crippen LogP) is 0.322. The first kappa shape index (κ1) is 17.1.